The average Bonchev–Trinajstić information content (AvgIpc) is 2.39. The van der Waals surface area contributed by atoms with Gasteiger partial charge in [0, 0.05) is 0 Å². The zero-order valence-corrected chi connectivity index (χ0v) is 16.7. The fourth-order valence-electron chi connectivity index (χ4n) is 2.71. The molecule has 1 unspecified atom stereocenters. The molecule has 0 radical (unpaired) electrons. The van der Waals surface area contributed by atoms with Crippen molar-refractivity contribution in [1.29, 1.82) is 0 Å². The Morgan fingerprint density at radius 3 is 1.63 bits per heavy atom. The molecule has 0 rings (SSSR count). The predicted molar refractivity (Wildman–Crippen MR) is 89.4 cm³/mol. The average molecular weight is 378 g/mol. The van der Waals surface area contributed by atoms with Crippen LogP contribution in [-0.4, -0.2) is 35.6 Å². The second-order valence-electron chi connectivity index (χ2n) is 6.30. The van der Waals surface area contributed by atoms with Crippen LogP contribution in [0.3, 0.4) is 0 Å². The van der Waals surface area contributed by atoms with Crippen molar-refractivity contribution in [3.63, 3.8) is 0 Å². The molecule has 3 heteroatoms. The summed E-state index contributed by atoms with van der Waals surface area (Å²) in [6.45, 7) is 9.75. The number of unbranched alkanes of at least 4 members (excludes halogenated alkanes) is 3. The third-order valence-electron chi connectivity index (χ3n) is 3.97. The maximum atomic E-state index is 6.02. The molecule has 0 saturated heterocycles. The minimum absolute atomic E-state index is 0.188. The van der Waals surface area contributed by atoms with Crippen molar-refractivity contribution < 1.29 is 4.74 Å². The molecular weight excluding hydrogens is 341 g/mol. The van der Waals surface area contributed by atoms with Crippen LogP contribution >= 0.6 is 0 Å². The van der Waals surface area contributed by atoms with Crippen molar-refractivity contribution in [1.82, 2.24) is 0 Å². The van der Waals surface area contributed by atoms with Gasteiger partial charge in [0.1, 0.15) is 0 Å². The molecule has 19 heavy (non-hydrogen) atoms. The van der Waals surface area contributed by atoms with Gasteiger partial charge >= 0.3 is 126 Å². The Hall–Kier alpha value is 0.719. The summed E-state index contributed by atoms with van der Waals surface area (Å²) in [4.78, 5) is 0. The Kier molecular flexibility index (Phi) is 12.9. The number of hydrogen-bond donors (Lipinski definition) is 1. The summed E-state index contributed by atoms with van der Waals surface area (Å²) in [5.41, 5.74) is 5.82. The van der Waals surface area contributed by atoms with Gasteiger partial charge in [0.05, 0.1) is 0 Å². The summed E-state index contributed by atoms with van der Waals surface area (Å²) in [6.07, 6.45) is 8.28. The van der Waals surface area contributed by atoms with E-state index in [2.05, 4.69) is 20.8 Å². The zero-order valence-electron chi connectivity index (χ0n) is 13.8. The summed E-state index contributed by atoms with van der Waals surface area (Å²) in [5.74, 6) is 0. The van der Waals surface area contributed by atoms with E-state index in [1.54, 1.807) is 0 Å². The molecule has 0 aromatic carbocycles. The van der Waals surface area contributed by atoms with Gasteiger partial charge in [0.25, 0.3) is 0 Å². The van der Waals surface area contributed by atoms with Crippen LogP contribution in [0.2, 0.25) is 13.3 Å². The van der Waals surface area contributed by atoms with Crippen molar-refractivity contribution in [2.45, 2.75) is 85.6 Å². The van der Waals surface area contributed by atoms with Gasteiger partial charge in [0.15, 0.2) is 0 Å². The van der Waals surface area contributed by atoms with Crippen molar-refractivity contribution in [2.24, 2.45) is 5.73 Å². The van der Waals surface area contributed by atoms with Crippen LogP contribution in [0, 0.1) is 0 Å². The van der Waals surface area contributed by atoms with Crippen LogP contribution in [0.15, 0.2) is 0 Å². The van der Waals surface area contributed by atoms with Gasteiger partial charge in [-0.2, -0.15) is 0 Å². The molecule has 1 atom stereocenters. The number of nitrogens with two attached hydrogens (primary N) is 1. The first kappa shape index (κ1) is 19.7. The van der Waals surface area contributed by atoms with E-state index in [0.29, 0.717) is 0 Å². The molecule has 0 bridgehead atoms. The second-order valence-corrected chi connectivity index (χ2v) is 20.0. The van der Waals surface area contributed by atoms with E-state index in [1.807, 2.05) is 6.92 Å². The van der Waals surface area contributed by atoms with Crippen LogP contribution in [0.4, 0.5) is 0 Å². The number of ether oxygens (including phenoxy) is 1. The molecule has 2 nitrogen and oxygen atoms in total. The first-order valence-corrected chi connectivity index (χ1v) is 16.5. The van der Waals surface area contributed by atoms with E-state index in [9.17, 15) is 0 Å². The first-order chi connectivity index (χ1) is 9.10. The molecule has 0 spiro atoms. The van der Waals surface area contributed by atoms with Gasteiger partial charge in [-0.3, -0.25) is 0 Å². The van der Waals surface area contributed by atoms with E-state index in [1.165, 1.54) is 51.8 Å². The fraction of sp³-hybridized carbons (Fsp3) is 1.00. The van der Waals surface area contributed by atoms with Crippen molar-refractivity contribution in [3.8, 4) is 0 Å². The fourth-order valence-corrected chi connectivity index (χ4v) is 17.1. The number of rotatable bonds is 13. The summed E-state index contributed by atoms with van der Waals surface area (Å²) in [5, 5.41) is 0. The molecule has 0 fully saturated rings. The van der Waals surface area contributed by atoms with E-state index in [-0.39, 0.29) is 6.04 Å². The molecular formula is C16H37NOSn. The molecule has 0 saturated carbocycles. The first-order valence-electron chi connectivity index (χ1n) is 8.43. The van der Waals surface area contributed by atoms with Crippen LogP contribution in [0.1, 0.15) is 66.2 Å². The molecule has 0 aliphatic carbocycles. The monoisotopic (exact) mass is 379 g/mol. The second kappa shape index (κ2) is 12.5. The van der Waals surface area contributed by atoms with E-state index < -0.39 is 18.4 Å². The normalized spacial score (nSPS) is 13.7. The molecule has 0 amide bonds. The predicted octanol–water partition coefficient (Wildman–Crippen LogP) is 4.74. The molecule has 0 aliphatic rings. The molecule has 0 aromatic rings. The molecule has 2 N–H and O–H groups in total. The topological polar surface area (TPSA) is 35.2 Å². The van der Waals surface area contributed by atoms with Gasteiger partial charge in [-0.05, 0) is 0 Å². The van der Waals surface area contributed by atoms with Crippen LogP contribution < -0.4 is 5.73 Å². The van der Waals surface area contributed by atoms with Crippen molar-refractivity contribution >= 4 is 18.4 Å². The Labute approximate surface area is 125 Å². The van der Waals surface area contributed by atoms with Crippen LogP contribution in [0.5, 0.6) is 0 Å². The molecule has 0 aliphatic heterocycles. The Morgan fingerprint density at radius 1 is 0.895 bits per heavy atom. The standard InChI is InChI=1S/C4H10NO.3C4H9.Sn/c1-4(5)3-6-2;3*1-3-4-2;/h4H,2-3,5H2,1H3;3*1,3-4H2,2H3;. The van der Waals surface area contributed by atoms with Crippen LogP contribution in [0.25, 0.3) is 0 Å². The van der Waals surface area contributed by atoms with Gasteiger partial charge in [-0.1, -0.05) is 0 Å². The summed E-state index contributed by atoms with van der Waals surface area (Å²) >= 11 is -2.03. The van der Waals surface area contributed by atoms with Crippen molar-refractivity contribution in [3.05, 3.63) is 0 Å². The van der Waals surface area contributed by atoms with E-state index >= 15 is 0 Å². The summed E-state index contributed by atoms with van der Waals surface area (Å²) < 4.78 is 11.7. The van der Waals surface area contributed by atoms with Crippen molar-refractivity contribution in [2.75, 3.05) is 11.2 Å². The molecule has 116 valence electrons. The third kappa shape index (κ3) is 10.1. The Balaban J connectivity index is 4.47. The van der Waals surface area contributed by atoms with E-state index in [4.69, 9.17) is 10.5 Å². The molecule has 0 heterocycles. The third-order valence-corrected chi connectivity index (χ3v) is 18.4. The SMILES string of the molecule is CCC[CH2][Sn]([CH2]CCC)([CH2]CCC)[CH2]OCC(C)N. The minimum atomic E-state index is -2.03. The Bertz CT molecular complexity index is 175. The Morgan fingerprint density at radius 2 is 1.32 bits per heavy atom. The zero-order chi connectivity index (χ0) is 14.6. The van der Waals surface area contributed by atoms with Crippen LogP contribution in [-0.2, 0) is 4.74 Å². The van der Waals surface area contributed by atoms with Gasteiger partial charge < -0.3 is 0 Å². The van der Waals surface area contributed by atoms with Gasteiger partial charge in [0.2, 0.25) is 0 Å². The summed E-state index contributed by atoms with van der Waals surface area (Å²) in [7, 11) is 0. The van der Waals surface area contributed by atoms with Gasteiger partial charge in [-0.25, -0.2) is 0 Å². The maximum absolute atomic E-state index is 6.02. The van der Waals surface area contributed by atoms with Gasteiger partial charge in [-0.15, -0.1) is 0 Å². The molecule has 0 aromatic heterocycles. The quantitative estimate of drug-likeness (QED) is 0.470. The number of hydrogen-bond acceptors (Lipinski definition) is 2. The van der Waals surface area contributed by atoms with E-state index in [0.717, 1.165) is 11.2 Å². The summed E-state index contributed by atoms with van der Waals surface area (Å²) in [6, 6.07) is 0.188.